The molecule has 1 fully saturated rings. The van der Waals surface area contributed by atoms with E-state index in [4.69, 9.17) is 9.47 Å². The molecule has 0 saturated carbocycles. The maximum atomic E-state index is 11.9. The van der Waals surface area contributed by atoms with Crippen LogP contribution in [0.2, 0.25) is 0 Å². The van der Waals surface area contributed by atoms with Crippen LogP contribution in [0.25, 0.3) is 0 Å². The number of amides is 1. The average molecular weight is 250 g/mol. The van der Waals surface area contributed by atoms with E-state index < -0.39 is 0 Å². The third-order valence-electron chi connectivity index (χ3n) is 3.07. The number of nitrogens with zero attached hydrogens (tertiary/aromatic N) is 1. The Hall–Kier alpha value is -1.62. The van der Waals surface area contributed by atoms with Crippen molar-refractivity contribution in [1.82, 2.24) is 10.3 Å². The Morgan fingerprint density at radius 2 is 2.28 bits per heavy atom. The van der Waals surface area contributed by atoms with Crippen molar-refractivity contribution in [1.29, 1.82) is 0 Å². The van der Waals surface area contributed by atoms with Crippen LogP contribution < -0.4 is 10.1 Å². The van der Waals surface area contributed by atoms with Gasteiger partial charge in [0.1, 0.15) is 0 Å². The van der Waals surface area contributed by atoms with E-state index in [9.17, 15) is 4.79 Å². The Morgan fingerprint density at radius 1 is 1.50 bits per heavy atom. The van der Waals surface area contributed by atoms with E-state index in [1.165, 1.54) is 0 Å². The zero-order chi connectivity index (χ0) is 12.8. The first-order valence-corrected chi connectivity index (χ1v) is 6.14. The standard InChI is InChI=1S/C13H18N2O3/c1-17-12-3-2-10(8-14-12)9-15-13(16)11-4-6-18-7-5-11/h2-3,8,11H,4-7,9H2,1H3,(H,15,16). The molecular weight excluding hydrogens is 232 g/mol. The fraction of sp³-hybridized carbons (Fsp3) is 0.538. The van der Waals surface area contributed by atoms with Crippen molar-refractivity contribution in [3.8, 4) is 5.88 Å². The van der Waals surface area contributed by atoms with Crippen LogP contribution >= 0.6 is 0 Å². The quantitative estimate of drug-likeness (QED) is 0.870. The second-order valence-corrected chi connectivity index (χ2v) is 4.31. The summed E-state index contributed by atoms with van der Waals surface area (Å²) < 4.78 is 10.2. The van der Waals surface area contributed by atoms with Crippen molar-refractivity contribution in [2.75, 3.05) is 20.3 Å². The molecule has 98 valence electrons. The highest BCUT2D eigenvalue weighted by Gasteiger charge is 2.20. The molecule has 1 amide bonds. The van der Waals surface area contributed by atoms with Crippen molar-refractivity contribution < 1.29 is 14.3 Å². The Labute approximate surface area is 107 Å². The summed E-state index contributed by atoms with van der Waals surface area (Å²) in [7, 11) is 1.58. The molecule has 0 spiro atoms. The van der Waals surface area contributed by atoms with Crippen LogP contribution in [-0.4, -0.2) is 31.2 Å². The predicted octanol–water partition coefficient (Wildman–Crippen LogP) is 1.13. The smallest absolute Gasteiger partial charge is 0.223 e. The van der Waals surface area contributed by atoms with Crippen LogP contribution in [-0.2, 0) is 16.1 Å². The summed E-state index contributed by atoms with van der Waals surface area (Å²) in [5.41, 5.74) is 0.969. The number of carbonyl (C=O) groups is 1. The predicted molar refractivity (Wildman–Crippen MR) is 66.2 cm³/mol. The van der Waals surface area contributed by atoms with Crippen molar-refractivity contribution in [2.45, 2.75) is 19.4 Å². The van der Waals surface area contributed by atoms with Crippen LogP contribution in [0.15, 0.2) is 18.3 Å². The molecule has 2 heterocycles. The lowest BCUT2D eigenvalue weighted by molar-refractivity contribution is -0.128. The Morgan fingerprint density at radius 3 is 2.89 bits per heavy atom. The van der Waals surface area contributed by atoms with Gasteiger partial charge in [0.15, 0.2) is 0 Å². The first kappa shape index (κ1) is 12.8. The lowest BCUT2D eigenvalue weighted by Crippen LogP contribution is -2.33. The molecule has 1 aromatic heterocycles. The third kappa shape index (κ3) is 3.43. The normalized spacial score (nSPS) is 16.3. The summed E-state index contributed by atoms with van der Waals surface area (Å²) in [4.78, 5) is 16.0. The fourth-order valence-electron chi connectivity index (χ4n) is 1.93. The van der Waals surface area contributed by atoms with Crippen LogP contribution in [0.4, 0.5) is 0 Å². The molecule has 1 N–H and O–H groups in total. The van der Waals surface area contributed by atoms with Crippen LogP contribution in [0.5, 0.6) is 5.88 Å². The van der Waals surface area contributed by atoms with Gasteiger partial charge >= 0.3 is 0 Å². The first-order valence-electron chi connectivity index (χ1n) is 6.14. The summed E-state index contributed by atoms with van der Waals surface area (Å²) in [6.07, 6.45) is 3.34. The molecule has 5 heteroatoms. The van der Waals surface area contributed by atoms with Gasteiger partial charge in [-0.1, -0.05) is 6.07 Å². The van der Waals surface area contributed by atoms with Gasteiger partial charge < -0.3 is 14.8 Å². The van der Waals surface area contributed by atoms with Gasteiger partial charge in [0, 0.05) is 37.9 Å². The topological polar surface area (TPSA) is 60.5 Å². The lowest BCUT2D eigenvalue weighted by Gasteiger charge is -2.21. The summed E-state index contributed by atoms with van der Waals surface area (Å²) in [6.45, 7) is 1.87. The van der Waals surface area contributed by atoms with E-state index in [0.717, 1.165) is 18.4 Å². The highest BCUT2D eigenvalue weighted by Crippen LogP contribution is 2.15. The summed E-state index contributed by atoms with van der Waals surface area (Å²) in [5, 5.41) is 2.93. The van der Waals surface area contributed by atoms with Gasteiger partial charge in [0.2, 0.25) is 11.8 Å². The Bertz CT molecular complexity index is 386. The SMILES string of the molecule is COc1ccc(CNC(=O)C2CCOCC2)cn1. The fourth-order valence-corrected chi connectivity index (χ4v) is 1.93. The minimum absolute atomic E-state index is 0.0879. The van der Waals surface area contributed by atoms with Crippen molar-refractivity contribution in [2.24, 2.45) is 5.92 Å². The summed E-state index contributed by atoms with van der Waals surface area (Å²) in [5.74, 6) is 0.772. The van der Waals surface area contributed by atoms with Crippen LogP contribution in [0.3, 0.4) is 0 Å². The van der Waals surface area contributed by atoms with Crippen molar-refractivity contribution in [3.63, 3.8) is 0 Å². The lowest BCUT2D eigenvalue weighted by atomic mass is 9.99. The minimum atomic E-state index is 0.0879. The van der Waals surface area contributed by atoms with E-state index in [0.29, 0.717) is 25.6 Å². The van der Waals surface area contributed by atoms with E-state index in [2.05, 4.69) is 10.3 Å². The second kappa shape index (κ2) is 6.35. The molecule has 0 unspecified atom stereocenters. The number of hydrogen-bond donors (Lipinski definition) is 1. The number of carbonyl (C=O) groups excluding carboxylic acids is 1. The molecule has 18 heavy (non-hydrogen) atoms. The van der Waals surface area contributed by atoms with Crippen LogP contribution in [0, 0.1) is 5.92 Å². The molecule has 0 aliphatic carbocycles. The van der Waals surface area contributed by atoms with Gasteiger partial charge in [-0.2, -0.15) is 0 Å². The number of nitrogens with one attached hydrogen (secondary N) is 1. The second-order valence-electron chi connectivity index (χ2n) is 4.31. The first-order chi connectivity index (χ1) is 8.79. The molecule has 5 nitrogen and oxygen atoms in total. The molecule has 1 aromatic rings. The molecule has 1 saturated heterocycles. The van der Waals surface area contributed by atoms with Crippen molar-refractivity contribution in [3.05, 3.63) is 23.9 Å². The Balaban J connectivity index is 1.80. The number of pyridine rings is 1. The third-order valence-corrected chi connectivity index (χ3v) is 3.07. The molecule has 0 radical (unpaired) electrons. The van der Waals surface area contributed by atoms with Gasteiger partial charge in [-0.15, -0.1) is 0 Å². The zero-order valence-corrected chi connectivity index (χ0v) is 10.5. The maximum absolute atomic E-state index is 11.9. The maximum Gasteiger partial charge on any atom is 0.223 e. The largest absolute Gasteiger partial charge is 0.481 e. The number of aromatic nitrogens is 1. The van der Waals surface area contributed by atoms with E-state index >= 15 is 0 Å². The number of methoxy groups -OCH3 is 1. The zero-order valence-electron chi connectivity index (χ0n) is 10.5. The van der Waals surface area contributed by atoms with E-state index in [-0.39, 0.29) is 11.8 Å². The van der Waals surface area contributed by atoms with Crippen molar-refractivity contribution >= 4 is 5.91 Å². The molecule has 1 aliphatic heterocycles. The van der Waals surface area contributed by atoms with E-state index in [1.807, 2.05) is 6.07 Å². The van der Waals surface area contributed by atoms with E-state index in [1.54, 1.807) is 19.4 Å². The Kier molecular flexibility index (Phi) is 4.52. The van der Waals surface area contributed by atoms with Gasteiger partial charge in [-0.3, -0.25) is 4.79 Å². The van der Waals surface area contributed by atoms with Crippen LogP contribution in [0.1, 0.15) is 18.4 Å². The van der Waals surface area contributed by atoms with Gasteiger partial charge in [-0.05, 0) is 18.4 Å². The molecule has 0 atom stereocenters. The summed E-state index contributed by atoms with van der Waals surface area (Å²) >= 11 is 0. The monoisotopic (exact) mass is 250 g/mol. The number of ether oxygens (including phenoxy) is 2. The molecule has 0 aromatic carbocycles. The highest BCUT2D eigenvalue weighted by atomic mass is 16.5. The molecule has 2 rings (SSSR count). The summed E-state index contributed by atoms with van der Waals surface area (Å²) in [6, 6.07) is 3.69. The van der Waals surface area contributed by atoms with Gasteiger partial charge in [0.05, 0.1) is 7.11 Å². The van der Waals surface area contributed by atoms with Gasteiger partial charge in [-0.25, -0.2) is 4.98 Å². The van der Waals surface area contributed by atoms with Gasteiger partial charge in [0.25, 0.3) is 0 Å². The minimum Gasteiger partial charge on any atom is -0.481 e. The molecular formula is C13H18N2O3. The highest BCUT2D eigenvalue weighted by molar-refractivity contribution is 5.78. The number of hydrogen-bond acceptors (Lipinski definition) is 4. The average Bonchev–Trinajstić information content (AvgIpc) is 2.46. The number of rotatable bonds is 4. The molecule has 1 aliphatic rings. The molecule has 0 bridgehead atoms.